The van der Waals surface area contributed by atoms with Crippen LogP contribution in [-0.2, 0) is 4.74 Å². The number of ether oxygens (including phenoxy) is 1. The number of nitriles is 1. The van der Waals surface area contributed by atoms with E-state index >= 15 is 0 Å². The molecule has 0 aromatic heterocycles. The van der Waals surface area contributed by atoms with Gasteiger partial charge in [-0.15, -0.1) is 0 Å². The van der Waals surface area contributed by atoms with E-state index in [2.05, 4.69) is 11.0 Å². The summed E-state index contributed by atoms with van der Waals surface area (Å²) in [7, 11) is 0. The number of nitrogens with zero attached hydrogens (tertiary/aromatic N) is 2. The van der Waals surface area contributed by atoms with Crippen LogP contribution in [0.4, 0.5) is 0 Å². The molecule has 0 bridgehead atoms. The molecular weight excluding hydrogens is 152 g/mol. The molecule has 1 saturated heterocycles. The maximum absolute atomic E-state index is 8.86. The average Bonchev–Trinajstić information content (AvgIpc) is 2.02. The van der Waals surface area contributed by atoms with E-state index in [9.17, 15) is 0 Å². The minimum absolute atomic E-state index is 0.0176. The summed E-state index contributed by atoms with van der Waals surface area (Å²) in [6, 6.07) is 3.00. The van der Waals surface area contributed by atoms with Crippen molar-refractivity contribution in [2.45, 2.75) is 31.3 Å². The summed E-state index contributed by atoms with van der Waals surface area (Å²) in [6.07, 6.45) is 3.89. The lowest BCUT2D eigenvalue weighted by molar-refractivity contribution is -0.0260. The van der Waals surface area contributed by atoms with E-state index in [4.69, 9.17) is 10.00 Å². The highest BCUT2D eigenvalue weighted by molar-refractivity contribution is 4.97. The van der Waals surface area contributed by atoms with Crippen LogP contribution in [0, 0.1) is 11.3 Å². The van der Waals surface area contributed by atoms with Crippen molar-refractivity contribution in [1.82, 2.24) is 4.90 Å². The minimum atomic E-state index is 0.0176. The zero-order valence-corrected chi connectivity index (χ0v) is 7.20. The van der Waals surface area contributed by atoms with E-state index in [1.54, 1.807) is 0 Å². The molecule has 1 saturated carbocycles. The molecule has 3 heteroatoms. The smallest absolute Gasteiger partial charge is 0.122 e. The van der Waals surface area contributed by atoms with Crippen molar-refractivity contribution >= 4 is 0 Å². The van der Waals surface area contributed by atoms with Gasteiger partial charge in [0.15, 0.2) is 0 Å². The van der Waals surface area contributed by atoms with Gasteiger partial charge in [0.1, 0.15) is 6.04 Å². The monoisotopic (exact) mass is 166 g/mol. The van der Waals surface area contributed by atoms with Crippen molar-refractivity contribution in [2.75, 3.05) is 19.8 Å². The van der Waals surface area contributed by atoms with Gasteiger partial charge in [-0.05, 0) is 12.8 Å². The lowest BCUT2D eigenvalue weighted by Crippen LogP contribution is -2.52. The first-order valence-electron chi connectivity index (χ1n) is 4.65. The number of morpholine rings is 1. The molecule has 3 nitrogen and oxygen atoms in total. The average molecular weight is 166 g/mol. The van der Waals surface area contributed by atoms with Crippen LogP contribution in [0.25, 0.3) is 0 Å². The van der Waals surface area contributed by atoms with Crippen molar-refractivity contribution in [3.63, 3.8) is 0 Å². The first-order valence-corrected chi connectivity index (χ1v) is 4.65. The van der Waals surface area contributed by atoms with Gasteiger partial charge in [0, 0.05) is 12.6 Å². The summed E-state index contributed by atoms with van der Waals surface area (Å²) in [6.45, 7) is 2.35. The van der Waals surface area contributed by atoms with Crippen molar-refractivity contribution in [1.29, 1.82) is 5.26 Å². The van der Waals surface area contributed by atoms with E-state index in [0.29, 0.717) is 12.6 Å². The Morgan fingerprint density at radius 1 is 1.42 bits per heavy atom. The molecule has 2 aliphatic rings. The Hall–Kier alpha value is -0.590. The van der Waals surface area contributed by atoms with Crippen molar-refractivity contribution in [3.05, 3.63) is 0 Å². The van der Waals surface area contributed by atoms with Gasteiger partial charge in [-0.3, -0.25) is 4.90 Å². The van der Waals surface area contributed by atoms with Crippen molar-refractivity contribution < 1.29 is 4.74 Å². The SMILES string of the molecule is N#CC1COCCN1C1CCC1. The molecule has 0 N–H and O–H groups in total. The lowest BCUT2D eigenvalue weighted by atomic mass is 9.90. The third-order valence-corrected chi connectivity index (χ3v) is 2.86. The van der Waals surface area contributed by atoms with Gasteiger partial charge in [0.25, 0.3) is 0 Å². The van der Waals surface area contributed by atoms with E-state index in [1.807, 2.05) is 0 Å². The predicted octanol–water partition coefficient (Wildman–Crippen LogP) is 0.763. The van der Waals surface area contributed by atoms with Gasteiger partial charge in [0.2, 0.25) is 0 Å². The Kier molecular flexibility index (Phi) is 2.29. The fraction of sp³-hybridized carbons (Fsp3) is 0.889. The van der Waals surface area contributed by atoms with Crippen LogP contribution in [-0.4, -0.2) is 36.7 Å². The molecule has 0 aromatic carbocycles. The molecule has 2 rings (SSSR count). The summed E-state index contributed by atoms with van der Waals surface area (Å²) in [4.78, 5) is 2.31. The third kappa shape index (κ3) is 1.33. The molecule has 1 aliphatic heterocycles. The standard InChI is InChI=1S/C9H14N2O/c10-6-9-7-12-5-4-11(9)8-2-1-3-8/h8-9H,1-5,7H2. The maximum Gasteiger partial charge on any atom is 0.122 e. The predicted molar refractivity (Wildman–Crippen MR) is 44.6 cm³/mol. The van der Waals surface area contributed by atoms with Gasteiger partial charge in [0.05, 0.1) is 19.3 Å². The van der Waals surface area contributed by atoms with E-state index in [1.165, 1.54) is 19.3 Å². The Labute approximate surface area is 72.9 Å². The minimum Gasteiger partial charge on any atom is -0.377 e. The van der Waals surface area contributed by atoms with Crippen LogP contribution in [0.3, 0.4) is 0 Å². The second kappa shape index (κ2) is 3.42. The Morgan fingerprint density at radius 2 is 2.25 bits per heavy atom. The highest BCUT2D eigenvalue weighted by atomic mass is 16.5. The zero-order chi connectivity index (χ0) is 8.39. The second-order valence-corrected chi connectivity index (χ2v) is 3.54. The van der Waals surface area contributed by atoms with Crippen LogP contribution >= 0.6 is 0 Å². The normalized spacial score (nSPS) is 32.4. The Morgan fingerprint density at radius 3 is 2.83 bits per heavy atom. The Balaban J connectivity index is 1.95. The molecule has 12 heavy (non-hydrogen) atoms. The first kappa shape index (κ1) is 8.03. The molecular formula is C9H14N2O. The maximum atomic E-state index is 8.86. The highest BCUT2D eigenvalue weighted by Crippen LogP contribution is 2.27. The Bertz CT molecular complexity index is 195. The van der Waals surface area contributed by atoms with Crippen LogP contribution in [0.15, 0.2) is 0 Å². The molecule has 1 heterocycles. The zero-order valence-electron chi connectivity index (χ0n) is 7.20. The molecule has 1 aliphatic carbocycles. The van der Waals surface area contributed by atoms with Crippen LogP contribution in [0.2, 0.25) is 0 Å². The summed E-state index contributed by atoms with van der Waals surface area (Å²) < 4.78 is 5.26. The van der Waals surface area contributed by atoms with E-state index < -0.39 is 0 Å². The van der Waals surface area contributed by atoms with Gasteiger partial charge in [-0.25, -0.2) is 0 Å². The second-order valence-electron chi connectivity index (χ2n) is 3.54. The molecule has 0 spiro atoms. The third-order valence-electron chi connectivity index (χ3n) is 2.86. The highest BCUT2D eigenvalue weighted by Gasteiger charge is 2.32. The largest absolute Gasteiger partial charge is 0.377 e. The van der Waals surface area contributed by atoms with Crippen LogP contribution < -0.4 is 0 Å². The number of hydrogen-bond acceptors (Lipinski definition) is 3. The van der Waals surface area contributed by atoms with Gasteiger partial charge < -0.3 is 4.74 Å². The van der Waals surface area contributed by atoms with E-state index in [-0.39, 0.29) is 6.04 Å². The first-order chi connectivity index (χ1) is 5.92. The van der Waals surface area contributed by atoms with Gasteiger partial charge in [-0.1, -0.05) is 6.42 Å². The molecule has 2 fully saturated rings. The summed E-state index contributed by atoms with van der Waals surface area (Å²) in [5.41, 5.74) is 0. The fourth-order valence-corrected chi connectivity index (χ4v) is 1.88. The molecule has 1 atom stereocenters. The molecule has 66 valence electrons. The van der Waals surface area contributed by atoms with Crippen molar-refractivity contribution in [3.8, 4) is 6.07 Å². The van der Waals surface area contributed by atoms with Crippen LogP contribution in [0.1, 0.15) is 19.3 Å². The fourth-order valence-electron chi connectivity index (χ4n) is 1.88. The quantitative estimate of drug-likeness (QED) is 0.577. The van der Waals surface area contributed by atoms with Gasteiger partial charge in [-0.2, -0.15) is 5.26 Å². The summed E-state index contributed by atoms with van der Waals surface area (Å²) in [5, 5.41) is 8.86. The number of hydrogen-bond donors (Lipinski definition) is 0. The van der Waals surface area contributed by atoms with Crippen molar-refractivity contribution in [2.24, 2.45) is 0 Å². The molecule has 0 radical (unpaired) electrons. The van der Waals surface area contributed by atoms with Gasteiger partial charge >= 0.3 is 0 Å². The summed E-state index contributed by atoms with van der Waals surface area (Å²) >= 11 is 0. The number of rotatable bonds is 1. The molecule has 0 aromatic rings. The lowest BCUT2D eigenvalue weighted by Gasteiger charge is -2.42. The summed E-state index contributed by atoms with van der Waals surface area (Å²) in [5.74, 6) is 0. The molecule has 1 unspecified atom stereocenters. The van der Waals surface area contributed by atoms with Crippen LogP contribution in [0.5, 0.6) is 0 Å². The van der Waals surface area contributed by atoms with E-state index in [0.717, 1.165) is 13.2 Å². The molecule has 0 amide bonds. The topological polar surface area (TPSA) is 36.3 Å².